The Bertz CT molecular complexity index is 1820. The first-order valence-corrected chi connectivity index (χ1v) is 17.7. The molecule has 0 bridgehead atoms. The topological polar surface area (TPSA) is 111 Å². The first kappa shape index (κ1) is 39.5. The van der Waals surface area contributed by atoms with Crippen molar-refractivity contribution < 1.29 is 47.5 Å². The fourth-order valence-corrected chi connectivity index (χ4v) is 6.90. The van der Waals surface area contributed by atoms with Crippen LogP contribution in [0, 0.1) is 0 Å². The zero-order valence-corrected chi connectivity index (χ0v) is 32.2. The zero-order chi connectivity index (χ0) is 38.9. The second-order valence-corrected chi connectivity index (χ2v) is 12.8. The Morgan fingerprint density at radius 3 is 1.28 bits per heavy atom. The minimum Gasteiger partial charge on any atom is -0.493 e. The molecule has 1 fully saturated rings. The summed E-state index contributed by atoms with van der Waals surface area (Å²) in [4.78, 5) is 29.0. The van der Waals surface area contributed by atoms with Crippen LogP contribution in [0.1, 0.15) is 70.6 Å². The molecule has 0 amide bonds. The molecule has 54 heavy (non-hydrogen) atoms. The van der Waals surface area contributed by atoms with Crippen molar-refractivity contribution in [3.63, 3.8) is 0 Å². The summed E-state index contributed by atoms with van der Waals surface area (Å²) in [5.74, 6) is 3.58. The number of benzene rings is 4. The second kappa shape index (κ2) is 17.9. The predicted molar refractivity (Wildman–Crippen MR) is 206 cm³/mol. The first-order valence-electron chi connectivity index (χ1n) is 17.7. The summed E-state index contributed by atoms with van der Waals surface area (Å²) < 4.78 is 45.2. The van der Waals surface area contributed by atoms with E-state index in [0.29, 0.717) is 63.7 Å². The summed E-state index contributed by atoms with van der Waals surface area (Å²) in [6.07, 6.45) is 2.09. The number of carbonyl (C=O) groups is 2. The van der Waals surface area contributed by atoms with Crippen LogP contribution in [0.25, 0.3) is 0 Å². The Morgan fingerprint density at radius 1 is 0.574 bits per heavy atom. The van der Waals surface area contributed by atoms with E-state index in [9.17, 15) is 9.59 Å². The van der Waals surface area contributed by atoms with Gasteiger partial charge in [0.1, 0.15) is 0 Å². The van der Waals surface area contributed by atoms with E-state index < -0.39 is 12.2 Å². The van der Waals surface area contributed by atoms with Crippen LogP contribution >= 0.6 is 0 Å². The van der Waals surface area contributed by atoms with Crippen LogP contribution in [0.4, 0.5) is 0 Å². The highest BCUT2D eigenvalue weighted by molar-refractivity contribution is 6.00. The summed E-state index contributed by atoms with van der Waals surface area (Å²) in [7, 11) is 9.32. The van der Waals surface area contributed by atoms with Gasteiger partial charge in [0, 0.05) is 29.8 Å². The predicted octanol–water partition coefficient (Wildman–Crippen LogP) is 8.10. The number of rotatable bonds is 18. The molecule has 0 spiro atoms. The molecule has 1 saturated heterocycles. The monoisotopic (exact) mass is 739 g/mol. The van der Waals surface area contributed by atoms with Crippen molar-refractivity contribution in [2.24, 2.45) is 0 Å². The summed E-state index contributed by atoms with van der Waals surface area (Å²) in [6.45, 7) is 8.10. The third kappa shape index (κ3) is 8.42. The van der Waals surface area contributed by atoms with Gasteiger partial charge in [-0.25, -0.2) is 0 Å². The van der Waals surface area contributed by atoms with E-state index in [-0.39, 0.29) is 23.7 Å². The van der Waals surface area contributed by atoms with Gasteiger partial charge < -0.3 is 37.9 Å². The average molecular weight is 740 g/mol. The lowest BCUT2D eigenvalue weighted by Crippen LogP contribution is -2.27. The number of carbonyl (C=O) groups excluding carboxylic acids is 2. The highest BCUT2D eigenvalue weighted by atomic mass is 16.5. The third-order valence-electron chi connectivity index (χ3n) is 9.68. The lowest BCUT2D eigenvalue weighted by atomic mass is 10.0. The van der Waals surface area contributed by atoms with Crippen LogP contribution in [0.3, 0.4) is 0 Å². The lowest BCUT2D eigenvalue weighted by Gasteiger charge is -2.30. The second-order valence-electron chi connectivity index (χ2n) is 12.8. The van der Waals surface area contributed by atoms with Crippen LogP contribution in [-0.4, -0.2) is 77.9 Å². The Labute approximate surface area is 317 Å². The molecule has 0 saturated carbocycles. The number of Topliss-reactive ketones (excluding diaryl/α,β-unsaturated/α-hetero) is 2. The summed E-state index contributed by atoms with van der Waals surface area (Å²) in [6, 6.07) is 21.9. The zero-order valence-electron chi connectivity index (χ0n) is 32.2. The van der Waals surface area contributed by atoms with Gasteiger partial charge in [-0.1, -0.05) is 18.2 Å². The standard InChI is InChI=1S/C43H49NO10/c1-10-21-44-32(28-11-19-36(40(22-28)51-8)53-26(2)42(45)30-13-17-34(47-4)38(24-30)49-6)15-16-33(44)29-12-20-37(41(23-29)52-9)54-27(3)43(46)31-14-18-35(48-5)39(25-31)50-7/h10-14,17-20,22-27,32-33H,1,15-16,21H2,2-9H3/t26-,27-,32+,33+/m1/s1. The SMILES string of the molecule is C=CCN1[C@H](c2ccc(O[C@H](C)C(=O)c3ccc(OC)c(OC)c3)c(OC)c2)CC[C@H]1c1ccc(O[C@H](C)C(=O)c2ccc(OC)c(OC)c2)c(OC)c1. The van der Waals surface area contributed by atoms with Gasteiger partial charge in [0.15, 0.2) is 58.2 Å². The van der Waals surface area contributed by atoms with E-state index in [4.69, 9.17) is 37.9 Å². The summed E-state index contributed by atoms with van der Waals surface area (Å²) >= 11 is 0. The minimum absolute atomic E-state index is 0.0582. The number of hydrogen-bond acceptors (Lipinski definition) is 11. The fourth-order valence-electron chi connectivity index (χ4n) is 6.90. The van der Waals surface area contributed by atoms with Gasteiger partial charge in [0.25, 0.3) is 0 Å². The van der Waals surface area contributed by atoms with Gasteiger partial charge in [-0.2, -0.15) is 0 Å². The van der Waals surface area contributed by atoms with Gasteiger partial charge in [-0.05, 0) is 98.5 Å². The smallest absolute Gasteiger partial charge is 0.203 e. The van der Waals surface area contributed by atoms with Crippen molar-refractivity contribution in [3.8, 4) is 46.0 Å². The Hall–Kier alpha value is -5.68. The molecule has 1 aliphatic rings. The molecule has 11 nitrogen and oxygen atoms in total. The Kier molecular flexibility index (Phi) is 13.1. The van der Waals surface area contributed by atoms with Crippen molar-refractivity contribution in [3.05, 3.63) is 108 Å². The van der Waals surface area contributed by atoms with E-state index in [1.165, 1.54) is 14.2 Å². The van der Waals surface area contributed by atoms with E-state index >= 15 is 0 Å². The number of ketones is 2. The van der Waals surface area contributed by atoms with Crippen LogP contribution < -0.4 is 37.9 Å². The van der Waals surface area contributed by atoms with E-state index in [0.717, 1.165) is 24.0 Å². The largest absolute Gasteiger partial charge is 0.493 e. The van der Waals surface area contributed by atoms with Gasteiger partial charge in [0.05, 0.1) is 42.7 Å². The lowest BCUT2D eigenvalue weighted by molar-refractivity contribution is 0.0808. The van der Waals surface area contributed by atoms with Crippen molar-refractivity contribution in [2.45, 2.75) is 51.0 Å². The molecule has 0 radical (unpaired) electrons. The molecule has 4 aromatic rings. The molecule has 1 aliphatic heterocycles. The van der Waals surface area contributed by atoms with Crippen LogP contribution in [0.2, 0.25) is 0 Å². The van der Waals surface area contributed by atoms with Crippen LogP contribution in [0.5, 0.6) is 46.0 Å². The van der Waals surface area contributed by atoms with Gasteiger partial charge in [-0.15, -0.1) is 6.58 Å². The van der Waals surface area contributed by atoms with Crippen LogP contribution in [0.15, 0.2) is 85.5 Å². The first-order chi connectivity index (χ1) is 26.1. The van der Waals surface area contributed by atoms with Gasteiger partial charge in [0.2, 0.25) is 11.6 Å². The minimum atomic E-state index is -0.787. The summed E-state index contributed by atoms with van der Waals surface area (Å²) in [5.41, 5.74) is 3.00. The molecule has 1 heterocycles. The maximum Gasteiger partial charge on any atom is 0.203 e. The van der Waals surface area contributed by atoms with E-state index in [2.05, 4.69) is 11.5 Å². The molecule has 4 atom stereocenters. The van der Waals surface area contributed by atoms with Crippen LogP contribution in [-0.2, 0) is 0 Å². The third-order valence-corrected chi connectivity index (χ3v) is 9.68. The molecule has 0 unspecified atom stereocenters. The van der Waals surface area contributed by atoms with Crippen molar-refractivity contribution >= 4 is 11.6 Å². The number of hydrogen-bond donors (Lipinski definition) is 0. The molecule has 4 aromatic carbocycles. The van der Waals surface area contributed by atoms with Crippen molar-refractivity contribution in [2.75, 3.05) is 49.2 Å². The molecular formula is C43H49NO10. The fraction of sp³-hybridized carbons (Fsp3) is 0.349. The number of ether oxygens (including phenoxy) is 8. The Balaban J connectivity index is 1.31. The molecule has 0 aliphatic carbocycles. The van der Waals surface area contributed by atoms with Gasteiger partial charge >= 0.3 is 0 Å². The maximum absolute atomic E-state index is 13.3. The Morgan fingerprint density at radius 2 is 0.926 bits per heavy atom. The van der Waals surface area contributed by atoms with E-state index in [1.54, 1.807) is 78.7 Å². The number of likely N-dealkylation sites (tertiary alicyclic amines) is 1. The van der Waals surface area contributed by atoms with Gasteiger partial charge in [-0.3, -0.25) is 14.5 Å². The van der Waals surface area contributed by atoms with Crippen molar-refractivity contribution in [1.82, 2.24) is 4.90 Å². The van der Waals surface area contributed by atoms with Crippen molar-refractivity contribution in [1.29, 1.82) is 0 Å². The number of nitrogens with zero attached hydrogens (tertiary/aromatic N) is 1. The quantitative estimate of drug-likeness (QED) is 0.0729. The average Bonchev–Trinajstić information content (AvgIpc) is 3.63. The molecular weight excluding hydrogens is 690 g/mol. The maximum atomic E-state index is 13.3. The normalized spacial score (nSPS) is 16.4. The highest BCUT2D eigenvalue weighted by Gasteiger charge is 2.36. The number of methoxy groups -OCH3 is 6. The molecule has 0 aromatic heterocycles. The summed E-state index contributed by atoms with van der Waals surface area (Å²) in [5, 5.41) is 0. The molecule has 0 N–H and O–H groups in total. The van der Waals surface area contributed by atoms with E-state index in [1.807, 2.05) is 42.5 Å². The molecule has 5 rings (SSSR count). The highest BCUT2D eigenvalue weighted by Crippen LogP contribution is 2.47. The molecule has 286 valence electrons. The molecule has 11 heteroatoms.